The zero-order valence-electron chi connectivity index (χ0n) is 9.11. The van der Waals surface area contributed by atoms with Crippen LogP contribution in [0.5, 0.6) is 0 Å². The summed E-state index contributed by atoms with van der Waals surface area (Å²) in [5.74, 6) is 0.165. The van der Waals surface area contributed by atoms with E-state index >= 15 is 0 Å². The molecule has 0 amide bonds. The van der Waals surface area contributed by atoms with Gasteiger partial charge in [0.2, 0.25) is 0 Å². The third kappa shape index (κ3) is 2.59. The maximum absolute atomic E-state index is 11.9. The van der Waals surface area contributed by atoms with Crippen molar-refractivity contribution in [2.75, 3.05) is 14.2 Å². The van der Waals surface area contributed by atoms with Crippen molar-refractivity contribution in [1.82, 2.24) is 0 Å². The van der Waals surface area contributed by atoms with Crippen LogP contribution in [0.25, 0.3) is 0 Å². The summed E-state index contributed by atoms with van der Waals surface area (Å²) in [6.07, 6.45) is 0. The van der Waals surface area contributed by atoms with E-state index in [2.05, 4.69) is 0 Å². The van der Waals surface area contributed by atoms with Crippen molar-refractivity contribution in [3.05, 3.63) is 47.4 Å². The van der Waals surface area contributed by atoms with Crippen LogP contribution in [0, 0.1) is 0 Å². The Morgan fingerprint density at radius 1 is 1.07 bits per heavy atom. The molecule has 0 unspecified atom stereocenters. The fourth-order valence-corrected chi connectivity index (χ4v) is 1.29. The van der Waals surface area contributed by atoms with Crippen LogP contribution in [0.4, 0.5) is 0 Å². The number of hydrogen-bond donors (Lipinski definition) is 0. The summed E-state index contributed by atoms with van der Waals surface area (Å²) >= 11 is 0. The minimum atomic E-state index is -0.0886. The van der Waals surface area contributed by atoms with Crippen LogP contribution in [0.1, 0.15) is 17.3 Å². The Labute approximate surface area is 89.3 Å². The molecule has 0 N–H and O–H groups in total. The van der Waals surface area contributed by atoms with E-state index in [0.717, 1.165) is 0 Å². The lowest BCUT2D eigenvalue weighted by Gasteiger charge is -2.07. The summed E-state index contributed by atoms with van der Waals surface area (Å²) in [6.45, 7) is 1.68. The molecule has 0 spiro atoms. The van der Waals surface area contributed by atoms with Crippen LogP contribution >= 0.6 is 0 Å². The number of carbonyl (C=O) groups excluding carboxylic acids is 1. The highest BCUT2D eigenvalue weighted by atomic mass is 16.7. The molecular formula is C12H14O3. The first-order valence-electron chi connectivity index (χ1n) is 4.59. The maximum atomic E-state index is 11.9. The van der Waals surface area contributed by atoms with E-state index < -0.39 is 0 Å². The molecule has 3 heteroatoms. The zero-order chi connectivity index (χ0) is 11.3. The van der Waals surface area contributed by atoms with Gasteiger partial charge in [0.1, 0.15) is 0 Å². The van der Waals surface area contributed by atoms with Gasteiger partial charge in [-0.2, -0.15) is 0 Å². The van der Waals surface area contributed by atoms with Gasteiger partial charge in [-0.1, -0.05) is 30.3 Å². The molecular weight excluding hydrogens is 192 g/mol. The molecule has 15 heavy (non-hydrogen) atoms. The van der Waals surface area contributed by atoms with Gasteiger partial charge in [0, 0.05) is 5.56 Å². The molecule has 0 bridgehead atoms. The number of hydrogen-bond acceptors (Lipinski definition) is 3. The number of carbonyl (C=O) groups is 1. The van der Waals surface area contributed by atoms with Crippen LogP contribution in [0.3, 0.4) is 0 Å². The van der Waals surface area contributed by atoms with Crippen molar-refractivity contribution in [2.45, 2.75) is 6.92 Å². The smallest absolute Gasteiger partial charge is 0.285 e. The van der Waals surface area contributed by atoms with Gasteiger partial charge in [-0.3, -0.25) is 4.79 Å². The fraction of sp³-hybridized carbons (Fsp3) is 0.250. The minimum Gasteiger partial charge on any atom is -0.468 e. The van der Waals surface area contributed by atoms with Gasteiger partial charge in [0.15, 0.2) is 5.78 Å². The van der Waals surface area contributed by atoms with E-state index in [-0.39, 0.29) is 11.7 Å². The summed E-state index contributed by atoms with van der Waals surface area (Å²) < 4.78 is 9.88. The predicted molar refractivity (Wildman–Crippen MR) is 57.5 cm³/mol. The van der Waals surface area contributed by atoms with Crippen molar-refractivity contribution in [3.63, 3.8) is 0 Å². The van der Waals surface area contributed by atoms with Crippen molar-refractivity contribution < 1.29 is 14.3 Å². The molecule has 1 rings (SSSR count). The van der Waals surface area contributed by atoms with E-state index in [1.807, 2.05) is 18.2 Å². The third-order valence-electron chi connectivity index (χ3n) is 2.05. The largest absolute Gasteiger partial charge is 0.468 e. The Morgan fingerprint density at radius 2 is 1.60 bits per heavy atom. The summed E-state index contributed by atoms with van der Waals surface area (Å²) in [5.41, 5.74) is 1.09. The van der Waals surface area contributed by atoms with Crippen LogP contribution in [-0.4, -0.2) is 20.0 Å². The second-order valence-electron chi connectivity index (χ2n) is 3.02. The Morgan fingerprint density at radius 3 is 2.07 bits per heavy atom. The normalized spacial score (nSPS) is 9.27. The van der Waals surface area contributed by atoms with Gasteiger partial charge in [0.25, 0.3) is 5.95 Å². The predicted octanol–water partition coefficient (Wildman–Crippen LogP) is 2.39. The standard InChI is InChI=1S/C12H14O3/c1-9(12(14-2)15-3)11(13)10-7-5-4-6-8-10/h4-8H,1-3H3. The topological polar surface area (TPSA) is 35.5 Å². The highest BCUT2D eigenvalue weighted by Crippen LogP contribution is 2.12. The first kappa shape index (κ1) is 11.3. The van der Waals surface area contributed by atoms with Crippen LogP contribution in [0.15, 0.2) is 41.9 Å². The van der Waals surface area contributed by atoms with E-state index in [4.69, 9.17) is 9.47 Å². The monoisotopic (exact) mass is 206 g/mol. The zero-order valence-corrected chi connectivity index (χ0v) is 9.11. The van der Waals surface area contributed by atoms with Gasteiger partial charge < -0.3 is 9.47 Å². The number of ketones is 1. The number of methoxy groups -OCH3 is 2. The summed E-state index contributed by atoms with van der Waals surface area (Å²) in [7, 11) is 2.95. The molecule has 0 atom stereocenters. The molecule has 0 radical (unpaired) electrons. The van der Waals surface area contributed by atoms with E-state index in [0.29, 0.717) is 11.1 Å². The van der Waals surface area contributed by atoms with Gasteiger partial charge in [0.05, 0.1) is 19.8 Å². The fourth-order valence-electron chi connectivity index (χ4n) is 1.29. The molecule has 0 saturated heterocycles. The van der Waals surface area contributed by atoms with E-state index in [1.165, 1.54) is 14.2 Å². The molecule has 0 saturated carbocycles. The van der Waals surface area contributed by atoms with Gasteiger partial charge in [-0.15, -0.1) is 0 Å². The highest BCUT2D eigenvalue weighted by Gasteiger charge is 2.13. The minimum absolute atomic E-state index is 0.0886. The summed E-state index contributed by atoms with van der Waals surface area (Å²) in [6, 6.07) is 9.02. The number of rotatable bonds is 4. The molecule has 1 aromatic rings. The molecule has 0 heterocycles. The molecule has 0 aliphatic carbocycles. The summed E-state index contributed by atoms with van der Waals surface area (Å²) in [5, 5.41) is 0. The first-order chi connectivity index (χ1) is 7.20. The number of Topliss-reactive ketones (excluding diaryl/α,β-unsaturated/α-hetero) is 1. The molecule has 0 aliphatic heterocycles. The molecule has 0 fully saturated rings. The molecule has 80 valence electrons. The van der Waals surface area contributed by atoms with Crippen LogP contribution < -0.4 is 0 Å². The quantitative estimate of drug-likeness (QED) is 0.431. The Hall–Kier alpha value is -1.77. The molecule has 0 aliphatic rings. The Balaban J connectivity index is 3.00. The second-order valence-corrected chi connectivity index (χ2v) is 3.02. The third-order valence-corrected chi connectivity index (χ3v) is 2.05. The average Bonchev–Trinajstić information content (AvgIpc) is 2.30. The Bertz CT molecular complexity index is 360. The van der Waals surface area contributed by atoms with Crippen LogP contribution in [-0.2, 0) is 9.47 Å². The number of benzene rings is 1. The lowest BCUT2D eigenvalue weighted by Crippen LogP contribution is -2.06. The SMILES string of the molecule is COC(OC)=C(C)C(=O)c1ccccc1. The van der Waals surface area contributed by atoms with Gasteiger partial charge in [-0.05, 0) is 6.92 Å². The van der Waals surface area contributed by atoms with Crippen molar-refractivity contribution in [3.8, 4) is 0 Å². The average molecular weight is 206 g/mol. The molecule has 1 aromatic carbocycles. The maximum Gasteiger partial charge on any atom is 0.285 e. The number of allylic oxidation sites excluding steroid dienone is 1. The lowest BCUT2D eigenvalue weighted by molar-refractivity contribution is 0.0832. The van der Waals surface area contributed by atoms with Gasteiger partial charge in [-0.25, -0.2) is 0 Å². The van der Waals surface area contributed by atoms with Crippen LogP contribution in [0.2, 0.25) is 0 Å². The Kier molecular flexibility index (Phi) is 3.92. The van der Waals surface area contributed by atoms with E-state index in [1.54, 1.807) is 19.1 Å². The highest BCUT2D eigenvalue weighted by molar-refractivity contribution is 6.08. The number of ether oxygens (including phenoxy) is 2. The molecule has 0 aromatic heterocycles. The van der Waals surface area contributed by atoms with Crippen molar-refractivity contribution >= 4 is 5.78 Å². The van der Waals surface area contributed by atoms with E-state index in [9.17, 15) is 4.79 Å². The first-order valence-corrected chi connectivity index (χ1v) is 4.59. The molecule has 3 nitrogen and oxygen atoms in total. The second kappa shape index (κ2) is 5.20. The van der Waals surface area contributed by atoms with Crippen molar-refractivity contribution in [1.29, 1.82) is 0 Å². The van der Waals surface area contributed by atoms with Gasteiger partial charge >= 0.3 is 0 Å². The lowest BCUT2D eigenvalue weighted by atomic mass is 10.1. The van der Waals surface area contributed by atoms with Crippen molar-refractivity contribution in [2.24, 2.45) is 0 Å². The summed E-state index contributed by atoms with van der Waals surface area (Å²) in [4.78, 5) is 11.9.